The fourth-order valence-electron chi connectivity index (χ4n) is 2.34. The molecule has 5 nitrogen and oxygen atoms in total. The maximum atomic E-state index is 12.7. The Bertz CT molecular complexity index is 608. The predicted molar refractivity (Wildman–Crippen MR) is 70.6 cm³/mol. The zero-order chi connectivity index (χ0) is 13.9. The molecule has 0 fully saturated rings. The number of hydrogen-bond acceptors (Lipinski definition) is 4. The fourth-order valence-corrected chi connectivity index (χ4v) is 2.34. The van der Waals surface area contributed by atoms with Crippen molar-refractivity contribution >= 4 is 5.78 Å². The molecule has 0 bridgehead atoms. The maximum Gasteiger partial charge on any atom is 0.182 e. The van der Waals surface area contributed by atoms with E-state index in [0.717, 1.165) is 31.7 Å². The van der Waals surface area contributed by atoms with Gasteiger partial charge in [-0.1, -0.05) is 0 Å². The maximum absolute atomic E-state index is 12.7. The summed E-state index contributed by atoms with van der Waals surface area (Å²) < 4.78 is 14.9. The zero-order valence-corrected chi connectivity index (χ0v) is 11.0. The van der Waals surface area contributed by atoms with Gasteiger partial charge in [0.1, 0.15) is 17.3 Å². The van der Waals surface area contributed by atoms with Crippen LogP contribution in [0.3, 0.4) is 0 Å². The van der Waals surface area contributed by atoms with Gasteiger partial charge in [0.05, 0.1) is 12.7 Å². The molecule has 0 aromatic carbocycles. The molecule has 0 spiro atoms. The van der Waals surface area contributed by atoms with E-state index in [2.05, 4.69) is 19.4 Å². The Morgan fingerprint density at radius 2 is 2.20 bits per heavy atom. The molecule has 20 heavy (non-hydrogen) atoms. The highest BCUT2D eigenvalue weighted by molar-refractivity contribution is 5.94. The SMILES string of the molecule is O=C(CCN1CCn2ccnc2C1)c1ccc(F)cn1. The molecule has 0 amide bonds. The van der Waals surface area contributed by atoms with E-state index in [-0.39, 0.29) is 5.78 Å². The number of Topliss-reactive ketones (excluding diaryl/α,β-unsaturated/α-hetero) is 1. The van der Waals surface area contributed by atoms with Gasteiger partial charge in [-0.2, -0.15) is 0 Å². The van der Waals surface area contributed by atoms with Gasteiger partial charge in [0.2, 0.25) is 0 Å². The zero-order valence-electron chi connectivity index (χ0n) is 11.0. The van der Waals surface area contributed by atoms with Gasteiger partial charge in [0.15, 0.2) is 5.78 Å². The molecular formula is C14H15FN4O. The van der Waals surface area contributed by atoms with E-state index in [1.54, 1.807) is 6.20 Å². The predicted octanol–water partition coefficient (Wildman–Crippen LogP) is 1.51. The first-order chi connectivity index (χ1) is 9.72. The smallest absolute Gasteiger partial charge is 0.182 e. The Labute approximate surface area is 116 Å². The number of imidazole rings is 1. The standard InChI is InChI=1S/C14H15FN4O/c15-11-1-2-12(17-9-11)13(20)3-5-18-7-8-19-6-4-16-14(19)10-18/h1-2,4,6,9H,3,5,7-8,10H2. The molecule has 2 aromatic rings. The molecule has 2 aromatic heterocycles. The summed E-state index contributed by atoms with van der Waals surface area (Å²) in [6.07, 6.45) is 5.23. The molecule has 1 aliphatic rings. The number of halogens is 1. The normalized spacial score (nSPS) is 15.1. The molecule has 3 heterocycles. The van der Waals surface area contributed by atoms with Gasteiger partial charge in [0, 0.05) is 38.4 Å². The third kappa shape index (κ3) is 2.75. The summed E-state index contributed by atoms with van der Waals surface area (Å²) in [6.45, 7) is 3.24. The second-order valence-corrected chi connectivity index (χ2v) is 4.85. The molecule has 0 aliphatic carbocycles. The average molecular weight is 274 g/mol. The van der Waals surface area contributed by atoms with Crippen LogP contribution in [0.4, 0.5) is 4.39 Å². The van der Waals surface area contributed by atoms with Crippen molar-refractivity contribution in [2.24, 2.45) is 0 Å². The van der Waals surface area contributed by atoms with Crippen LogP contribution in [0.25, 0.3) is 0 Å². The highest BCUT2D eigenvalue weighted by atomic mass is 19.1. The first-order valence-corrected chi connectivity index (χ1v) is 6.59. The van der Waals surface area contributed by atoms with Crippen LogP contribution in [0.1, 0.15) is 22.7 Å². The Kier molecular flexibility index (Phi) is 3.56. The van der Waals surface area contributed by atoms with Gasteiger partial charge in [-0.15, -0.1) is 0 Å². The summed E-state index contributed by atoms with van der Waals surface area (Å²) in [5.74, 6) is 0.548. The molecule has 0 atom stereocenters. The highest BCUT2D eigenvalue weighted by Crippen LogP contribution is 2.11. The lowest BCUT2D eigenvalue weighted by Crippen LogP contribution is -2.35. The number of hydrogen-bond donors (Lipinski definition) is 0. The largest absolute Gasteiger partial charge is 0.333 e. The fraction of sp³-hybridized carbons (Fsp3) is 0.357. The summed E-state index contributed by atoms with van der Waals surface area (Å²) >= 11 is 0. The third-order valence-electron chi connectivity index (χ3n) is 3.49. The van der Waals surface area contributed by atoms with E-state index >= 15 is 0 Å². The minimum Gasteiger partial charge on any atom is -0.333 e. The molecule has 0 unspecified atom stereocenters. The molecule has 104 valence electrons. The Morgan fingerprint density at radius 1 is 1.30 bits per heavy atom. The number of rotatable bonds is 4. The molecule has 3 rings (SSSR count). The number of carbonyl (C=O) groups excluding carboxylic acids is 1. The summed E-state index contributed by atoms with van der Waals surface area (Å²) in [5.41, 5.74) is 0.324. The number of aromatic nitrogens is 3. The lowest BCUT2D eigenvalue weighted by atomic mass is 10.2. The summed E-state index contributed by atoms with van der Waals surface area (Å²) in [6, 6.07) is 2.69. The van der Waals surface area contributed by atoms with Gasteiger partial charge in [-0.3, -0.25) is 14.7 Å². The molecule has 0 N–H and O–H groups in total. The number of ketones is 1. The molecule has 0 saturated carbocycles. The van der Waals surface area contributed by atoms with Gasteiger partial charge in [-0.25, -0.2) is 9.37 Å². The highest BCUT2D eigenvalue weighted by Gasteiger charge is 2.17. The second kappa shape index (κ2) is 5.50. The summed E-state index contributed by atoms with van der Waals surface area (Å²) in [5, 5.41) is 0. The first-order valence-electron chi connectivity index (χ1n) is 6.59. The van der Waals surface area contributed by atoms with E-state index in [1.165, 1.54) is 12.1 Å². The van der Waals surface area contributed by atoms with Crippen molar-refractivity contribution in [1.82, 2.24) is 19.4 Å². The van der Waals surface area contributed by atoms with Gasteiger partial charge >= 0.3 is 0 Å². The number of nitrogens with zero attached hydrogens (tertiary/aromatic N) is 4. The van der Waals surface area contributed by atoms with Crippen LogP contribution in [0.2, 0.25) is 0 Å². The molecule has 0 saturated heterocycles. The van der Waals surface area contributed by atoms with Crippen LogP contribution in [0.15, 0.2) is 30.7 Å². The Balaban J connectivity index is 1.55. The Morgan fingerprint density at radius 3 is 3.00 bits per heavy atom. The minimum atomic E-state index is -0.426. The van der Waals surface area contributed by atoms with Crippen molar-refractivity contribution in [1.29, 1.82) is 0 Å². The topological polar surface area (TPSA) is 51.0 Å². The number of carbonyl (C=O) groups is 1. The van der Waals surface area contributed by atoms with E-state index in [9.17, 15) is 9.18 Å². The van der Waals surface area contributed by atoms with Crippen molar-refractivity contribution in [3.8, 4) is 0 Å². The molecule has 0 radical (unpaired) electrons. The summed E-state index contributed by atoms with van der Waals surface area (Å²) in [7, 11) is 0. The number of fused-ring (bicyclic) bond motifs is 1. The molecule has 6 heteroatoms. The van der Waals surface area contributed by atoms with E-state index < -0.39 is 5.82 Å². The van der Waals surface area contributed by atoms with Gasteiger partial charge in [0.25, 0.3) is 0 Å². The van der Waals surface area contributed by atoms with Crippen molar-refractivity contribution in [2.75, 3.05) is 13.1 Å². The quantitative estimate of drug-likeness (QED) is 0.793. The lowest BCUT2D eigenvalue weighted by molar-refractivity contribution is 0.0950. The average Bonchev–Trinajstić information content (AvgIpc) is 2.93. The van der Waals surface area contributed by atoms with Gasteiger partial charge in [-0.05, 0) is 12.1 Å². The van der Waals surface area contributed by atoms with E-state index in [4.69, 9.17) is 0 Å². The van der Waals surface area contributed by atoms with E-state index in [1.807, 2.05) is 6.20 Å². The van der Waals surface area contributed by atoms with Crippen LogP contribution >= 0.6 is 0 Å². The van der Waals surface area contributed by atoms with E-state index in [0.29, 0.717) is 18.7 Å². The first kappa shape index (κ1) is 12.9. The second-order valence-electron chi connectivity index (χ2n) is 4.85. The Hall–Kier alpha value is -2.08. The van der Waals surface area contributed by atoms with Crippen molar-refractivity contribution in [2.45, 2.75) is 19.5 Å². The molecule has 1 aliphatic heterocycles. The van der Waals surface area contributed by atoms with Crippen molar-refractivity contribution in [3.05, 3.63) is 48.1 Å². The third-order valence-corrected chi connectivity index (χ3v) is 3.49. The minimum absolute atomic E-state index is 0.0566. The summed E-state index contributed by atoms with van der Waals surface area (Å²) in [4.78, 5) is 22.3. The molecular weight excluding hydrogens is 259 g/mol. The monoisotopic (exact) mass is 274 g/mol. The van der Waals surface area contributed by atoms with Crippen molar-refractivity contribution < 1.29 is 9.18 Å². The van der Waals surface area contributed by atoms with Crippen LogP contribution in [0.5, 0.6) is 0 Å². The van der Waals surface area contributed by atoms with Crippen LogP contribution < -0.4 is 0 Å². The van der Waals surface area contributed by atoms with Crippen LogP contribution in [0, 0.1) is 5.82 Å². The number of pyridine rings is 1. The van der Waals surface area contributed by atoms with Gasteiger partial charge < -0.3 is 4.57 Å². The van der Waals surface area contributed by atoms with Crippen LogP contribution in [-0.4, -0.2) is 38.3 Å². The van der Waals surface area contributed by atoms with Crippen molar-refractivity contribution in [3.63, 3.8) is 0 Å². The van der Waals surface area contributed by atoms with Crippen LogP contribution in [-0.2, 0) is 13.1 Å². The lowest BCUT2D eigenvalue weighted by Gasteiger charge is -2.27.